The van der Waals surface area contributed by atoms with Gasteiger partial charge < -0.3 is 24.8 Å². The van der Waals surface area contributed by atoms with Gasteiger partial charge in [0.15, 0.2) is 23.5 Å². The topological polar surface area (TPSA) is 113 Å². The van der Waals surface area contributed by atoms with Gasteiger partial charge in [-0.3, -0.25) is 9.59 Å². The van der Waals surface area contributed by atoms with Crippen molar-refractivity contribution in [3.05, 3.63) is 0 Å². The molecule has 4 atom stereocenters. The van der Waals surface area contributed by atoms with Crippen molar-refractivity contribution in [2.45, 2.75) is 50.2 Å². The van der Waals surface area contributed by atoms with E-state index in [-0.39, 0.29) is 13.8 Å². The Morgan fingerprint density at radius 2 is 1.79 bits per heavy atom. The van der Waals surface area contributed by atoms with Gasteiger partial charge in [0.1, 0.15) is 6.10 Å². The van der Waals surface area contributed by atoms with Crippen molar-refractivity contribution in [2.24, 2.45) is 0 Å². The molecule has 1 aliphatic rings. The summed E-state index contributed by atoms with van der Waals surface area (Å²) in [4.78, 5) is 24.3. The Labute approximate surface area is 113 Å². The Morgan fingerprint density at radius 3 is 2.21 bits per heavy atom. The summed E-state index contributed by atoms with van der Waals surface area (Å²) in [6, 6.07) is 0. The Kier molecular flexibility index (Phi) is 3.90. The first-order valence-electron chi connectivity index (χ1n) is 7.14. The van der Waals surface area contributed by atoms with Gasteiger partial charge in [0.05, 0.1) is 6.61 Å². The van der Waals surface area contributed by atoms with Crippen LogP contribution in [0, 0.1) is 0 Å². The Morgan fingerprint density at radius 1 is 1.26 bits per heavy atom. The molecule has 0 aromatic carbocycles. The molecule has 0 spiro atoms. The van der Waals surface area contributed by atoms with E-state index in [2.05, 4.69) is 0 Å². The number of Topliss-reactive ketones (excluding diaryl/α,β-unsaturated/α-hetero) is 2. The van der Waals surface area contributed by atoms with Crippen LogP contribution in [0.2, 0.25) is 0 Å². The summed E-state index contributed by atoms with van der Waals surface area (Å²) in [5, 5.41) is 30.6. The zero-order valence-corrected chi connectivity index (χ0v) is 10.7. The van der Waals surface area contributed by atoms with E-state index in [1.807, 2.05) is 0 Å². The summed E-state index contributed by atoms with van der Waals surface area (Å²) in [5.41, 5.74) is -5.43. The summed E-state index contributed by atoms with van der Waals surface area (Å²) in [6.07, 6.45) is -4.05. The molecule has 7 heteroatoms. The zero-order valence-electron chi connectivity index (χ0n) is 12.7. The maximum absolute atomic E-state index is 12.2. The molecule has 0 radical (unpaired) electrons. The molecule has 7 nitrogen and oxygen atoms in total. The number of aliphatic hydroxyl groups excluding tert-OH is 1. The fourth-order valence-electron chi connectivity index (χ4n) is 2.29. The average molecular weight is 278 g/mol. The molecule has 0 aromatic heterocycles. The van der Waals surface area contributed by atoms with Crippen LogP contribution in [-0.4, -0.2) is 64.2 Å². The minimum atomic E-state index is -2.72. The molecule has 3 N–H and O–H groups in total. The highest BCUT2D eigenvalue weighted by molar-refractivity contribution is 6.00. The van der Waals surface area contributed by atoms with Crippen LogP contribution >= 0.6 is 0 Å². The van der Waals surface area contributed by atoms with Crippen molar-refractivity contribution in [1.29, 1.82) is 0 Å². The maximum Gasteiger partial charge on any atom is 0.212 e. The van der Waals surface area contributed by atoms with Crippen molar-refractivity contribution < 1.29 is 37.1 Å². The Hall–Kier alpha value is -0.860. The van der Waals surface area contributed by atoms with Crippen LogP contribution in [0.1, 0.15) is 29.4 Å². The van der Waals surface area contributed by atoms with Gasteiger partial charge in [-0.2, -0.15) is 0 Å². The molecule has 0 bridgehead atoms. The molecule has 1 rings (SSSR count). The minimum Gasteiger partial charge on any atom is -0.394 e. The molecule has 1 saturated heterocycles. The quantitative estimate of drug-likeness (QED) is 0.557. The summed E-state index contributed by atoms with van der Waals surface area (Å²) < 4.78 is 24.0. The molecular formula is C12H20O7. The normalized spacial score (nSPS) is 39.8. The molecule has 0 amide bonds. The van der Waals surface area contributed by atoms with Gasteiger partial charge in [-0.1, -0.05) is 13.8 Å². The van der Waals surface area contributed by atoms with Crippen LogP contribution in [0.15, 0.2) is 0 Å². The zero-order chi connectivity index (χ0) is 16.3. The van der Waals surface area contributed by atoms with Gasteiger partial charge in [0, 0.05) is 22.7 Å². The highest BCUT2D eigenvalue weighted by Gasteiger charge is 2.72. The SMILES string of the molecule is [2H]CCC(=O)[C@@]1(O)[C@@H](CO)OC(OC)[C@@]1(O)C(=O)CC[2H]. The van der Waals surface area contributed by atoms with Crippen LogP contribution in [0.3, 0.4) is 0 Å². The number of ketones is 2. The Balaban J connectivity index is 3.35. The monoisotopic (exact) mass is 278 g/mol. The molecule has 110 valence electrons. The first kappa shape index (κ1) is 13.1. The van der Waals surface area contributed by atoms with Gasteiger partial charge >= 0.3 is 0 Å². The van der Waals surface area contributed by atoms with Crippen molar-refractivity contribution in [2.75, 3.05) is 13.7 Å². The summed E-state index contributed by atoms with van der Waals surface area (Å²) in [6.45, 7) is -1.54. The molecule has 0 aromatic rings. The van der Waals surface area contributed by atoms with E-state index in [1.54, 1.807) is 0 Å². The molecule has 0 aliphatic carbocycles. The predicted molar refractivity (Wildman–Crippen MR) is 63.3 cm³/mol. The van der Waals surface area contributed by atoms with E-state index >= 15 is 0 Å². The lowest BCUT2D eigenvalue weighted by Crippen LogP contribution is -2.68. The maximum atomic E-state index is 12.2. The van der Waals surface area contributed by atoms with Crippen molar-refractivity contribution >= 4 is 11.6 Å². The van der Waals surface area contributed by atoms with Crippen LogP contribution < -0.4 is 0 Å². The number of carbonyl (C=O) groups excluding carboxylic acids is 2. The standard InChI is InChI=1S/C12H20O7/c1-4-7(14)11(16)9(6-13)19-10(18-3)12(11,17)8(15)5-2/h9-10,13,16-17H,4-6H2,1-3H3/t9-,10?,11-,12+/m1/s1/i1D,2D. The highest BCUT2D eigenvalue weighted by Crippen LogP contribution is 2.42. The number of methoxy groups -OCH3 is 1. The first-order chi connectivity index (χ1) is 9.84. The molecular weight excluding hydrogens is 256 g/mol. The molecule has 1 fully saturated rings. The van der Waals surface area contributed by atoms with Crippen molar-refractivity contribution in [3.63, 3.8) is 0 Å². The molecule has 0 saturated carbocycles. The van der Waals surface area contributed by atoms with Gasteiger partial charge in [-0.25, -0.2) is 0 Å². The third-order valence-electron chi connectivity index (χ3n) is 3.36. The molecule has 1 aliphatic heterocycles. The van der Waals surface area contributed by atoms with Gasteiger partial charge in [0.2, 0.25) is 5.60 Å². The van der Waals surface area contributed by atoms with Crippen molar-refractivity contribution in [3.8, 4) is 0 Å². The predicted octanol–water partition coefficient (Wildman–Crippen LogP) is -1.23. The van der Waals surface area contributed by atoms with Crippen LogP contribution in [-0.2, 0) is 19.1 Å². The van der Waals surface area contributed by atoms with Crippen LogP contribution in [0.25, 0.3) is 0 Å². The second-order valence-corrected chi connectivity index (χ2v) is 4.25. The Bertz CT molecular complexity index is 369. The number of hydrogen-bond donors (Lipinski definition) is 3. The van der Waals surface area contributed by atoms with E-state index in [0.717, 1.165) is 7.11 Å². The van der Waals surface area contributed by atoms with Crippen LogP contribution in [0.5, 0.6) is 0 Å². The third kappa shape index (κ3) is 2.02. The van der Waals surface area contributed by atoms with Crippen molar-refractivity contribution in [1.82, 2.24) is 0 Å². The highest BCUT2D eigenvalue weighted by atomic mass is 16.7. The van der Waals surface area contributed by atoms with Gasteiger partial charge in [0.25, 0.3) is 0 Å². The van der Waals surface area contributed by atoms with E-state index in [9.17, 15) is 24.9 Å². The molecule has 1 heterocycles. The van der Waals surface area contributed by atoms with E-state index in [0.29, 0.717) is 0 Å². The molecule has 1 unspecified atom stereocenters. The number of carbonyl (C=O) groups is 2. The molecule has 19 heavy (non-hydrogen) atoms. The van der Waals surface area contributed by atoms with Crippen LogP contribution in [0.4, 0.5) is 0 Å². The lowest BCUT2D eigenvalue weighted by Gasteiger charge is -2.37. The number of ether oxygens (including phenoxy) is 2. The lowest BCUT2D eigenvalue weighted by molar-refractivity contribution is -0.207. The largest absolute Gasteiger partial charge is 0.394 e. The summed E-state index contributed by atoms with van der Waals surface area (Å²) in [5.74, 6) is -1.97. The lowest BCUT2D eigenvalue weighted by atomic mass is 9.73. The van der Waals surface area contributed by atoms with E-state index < -0.39 is 54.6 Å². The third-order valence-corrected chi connectivity index (χ3v) is 3.36. The smallest absolute Gasteiger partial charge is 0.212 e. The number of aliphatic hydroxyl groups is 3. The average Bonchev–Trinajstić information content (AvgIpc) is 2.70. The second-order valence-electron chi connectivity index (χ2n) is 4.25. The fourth-order valence-corrected chi connectivity index (χ4v) is 2.29. The minimum absolute atomic E-state index is 0.357. The first-order valence-corrected chi connectivity index (χ1v) is 5.73. The van der Waals surface area contributed by atoms with Gasteiger partial charge in [-0.05, 0) is 0 Å². The number of rotatable bonds is 6. The summed E-state index contributed by atoms with van der Waals surface area (Å²) in [7, 11) is 1.11. The second kappa shape index (κ2) is 5.64. The summed E-state index contributed by atoms with van der Waals surface area (Å²) >= 11 is 0. The van der Waals surface area contributed by atoms with Gasteiger partial charge in [-0.15, -0.1) is 0 Å². The van der Waals surface area contributed by atoms with E-state index in [4.69, 9.17) is 12.2 Å². The van der Waals surface area contributed by atoms with E-state index in [1.165, 1.54) is 0 Å². The fraction of sp³-hybridized carbons (Fsp3) is 0.833. The number of hydrogen-bond acceptors (Lipinski definition) is 7.